The molecule has 0 aromatic rings. The second-order valence-electron chi connectivity index (χ2n) is 3.69. The second kappa shape index (κ2) is 4.76. The monoisotopic (exact) mass is 156 g/mol. The summed E-state index contributed by atoms with van der Waals surface area (Å²) in [4.78, 5) is 0. The van der Waals surface area contributed by atoms with E-state index in [1.54, 1.807) is 0 Å². The van der Waals surface area contributed by atoms with E-state index >= 15 is 0 Å². The van der Waals surface area contributed by atoms with Crippen molar-refractivity contribution >= 4 is 0 Å². The summed E-state index contributed by atoms with van der Waals surface area (Å²) in [5, 5.41) is 0. The van der Waals surface area contributed by atoms with Crippen LogP contribution < -0.4 is 0 Å². The summed E-state index contributed by atoms with van der Waals surface area (Å²) < 4.78 is 5.42. The molecule has 1 rings (SSSR count). The molecule has 0 spiro atoms. The van der Waals surface area contributed by atoms with Crippen LogP contribution in [0.4, 0.5) is 0 Å². The van der Waals surface area contributed by atoms with Crippen molar-refractivity contribution in [2.45, 2.75) is 39.5 Å². The molecule has 2 unspecified atom stereocenters. The van der Waals surface area contributed by atoms with Gasteiger partial charge in [-0.25, -0.2) is 0 Å². The van der Waals surface area contributed by atoms with Gasteiger partial charge < -0.3 is 4.74 Å². The fourth-order valence-electron chi connectivity index (χ4n) is 1.83. The lowest BCUT2D eigenvalue weighted by atomic mass is 9.86. The quantitative estimate of drug-likeness (QED) is 0.597. The molecule has 1 heterocycles. The van der Waals surface area contributed by atoms with E-state index in [1.807, 2.05) is 0 Å². The standard InChI is InChI=1S/C10H20O/c1-3-9(2)10-5-4-7-11-8-6-10/h9-10H,3-8H2,1-2H3. The zero-order chi connectivity index (χ0) is 8.10. The van der Waals surface area contributed by atoms with E-state index in [-0.39, 0.29) is 0 Å². The first-order chi connectivity index (χ1) is 5.34. The molecule has 1 heteroatoms. The lowest BCUT2D eigenvalue weighted by Crippen LogP contribution is -2.10. The highest BCUT2D eigenvalue weighted by Crippen LogP contribution is 2.25. The predicted octanol–water partition coefficient (Wildman–Crippen LogP) is 2.85. The molecule has 11 heavy (non-hydrogen) atoms. The zero-order valence-electron chi connectivity index (χ0n) is 7.81. The molecular formula is C10H20O. The Morgan fingerprint density at radius 2 is 2.18 bits per heavy atom. The number of ether oxygens (including phenoxy) is 1. The summed E-state index contributed by atoms with van der Waals surface area (Å²) in [7, 11) is 0. The highest BCUT2D eigenvalue weighted by molar-refractivity contribution is 4.67. The van der Waals surface area contributed by atoms with E-state index in [0.29, 0.717) is 0 Å². The van der Waals surface area contributed by atoms with Gasteiger partial charge in [-0.3, -0.25) is 0 Å². The van der Waals surface area contributed by atoms with Gasteiger partial charge in [-0.1, -0.05) is 20.3 Å². The summed E-state index contributed by atoms with van der Waals surface area (Å²) >= 11 is 0. The second-order valence-corrected chi connectivity index (χ2v) is 3.69. The lowest BCUT2D eigenvalue weighted by molar-refractivity contribution is 0.138. The molecule has 0 bridgehead atoms. The summed E-state index contributed by atoms with van der Waals surface area (Å²) in [6, 6.07) is 0. The molecule has 0 radical (unpaired) electrons. The largest absolute Gasteiger partial charge is 0.381 e. The predicted molar refractivity (Wildman–Crippen MR) is 47.6 cm³/mol. The minimum Gasteiger partial charge on any atom is -0.381 e. The van der Waals surface area contributed by atoms with E-state index < -0.39 is 0 Å². The molecule has 1 saturated heterocycles. The Morgan fingerprint density at radius 1 is 1.36 bits per heavy atom. The van der Waals surface area contributed by atoms with Gasteiger partial charge in [0.2, 0.25) is 0 Å². The molecule has 2 atom stereocenters. The summed E-state index contributed by atoms with van der Waals surface area (Å²) in [5.74, 6) is 1.83. The van der Waals surface area contributed by atoms with Crippen molar-refractivity contribution in [3.05, 3.63) is 0 Å². The van der Waals surface area contributed by atoms with E-state index in [0.717, 1.165) is 25.0 Å². The van der Waals surface area contributed by atoms with Gasteiger partial charge >= 0.3 is 0 Å². The van der Waals surface area contributed by atoms with E-state index in [2.05, 4.69) is 13.8 Å². The number of rotatable bonds is 2. The maximum absolute atomic E-state index is 5.42. The number of hydrogen-bond donors (Lipinski definition) is 0. The highest BCUT2D eigenvalue weighted by Gasteiger charge is 2.17. The maximum atomic E-state index is 5.42. The third kappa shape index (κ3) is 2.82. The Morgan fingerprint density at radius 3 is 2.91 bits per heavy atom. The Bertz CT molecular complexity index is 93.0. The van der Waals surface area contributed by atoms with Gasteiger partial charge in [0.1, 0.15) is 0 Å². The Kier molecular flexibility index (Phi) is 3.92. The first-order valence-electron chi connectivity index (χ1n) is 4.92. The van der Waals surface area contributed by atoms with E-state index in [4.69, 9.17) is 4.74 Å². The molecule has 0 saturated carbocycles. The van der Waals surface area contributed by atoms with Gasteiger partial charge in [-0.05, 0) is 31.1 Å². The van der Waals surface area contributed by atoms with Crippen LogP contribution in [0.2, 0.25) is 0 Å². The van der Waals surface area contributed by atoms with Gasteiger partial charge in [0.15, 0.2) is 0 Å². The van der Waals surface area contributed by atoms with E-state index in [9.17, 15) is 0 Å². The average molecular weight is 156 g/mol. The molecule has 0 aromatic carbocycles. The normalized spacial score (nSPS) is 29.5. The van der Waals surface area contributed by atoms with Crippen LogP contribution in [0, 0.1) is 11.8 Å². The molecular weight excluding hydrogens is 136 g/mol. The van der Waals surface area contributed by atoms with Crippen molar-refractivity contribution in [1.29, 1.82) is 0 Å². The van der Waals surface area contributed by atoms with Gasteiger partial charge in [-0.2, -0.15) is 0 Å². The molecule has 0 aromatic heterocycles. The zero-order valence-corrected chi connectivity index (χ0v) is 7.81. The smallest absolute Gasteiger partial charge is 0.0468 e. The van der Waals surface area contributed by atoms with Gasteiger partial charge in [-0.15, -0.1) is 0 Å². The van der Waals surface area contributed by atoms with Crippen LogP contribution in [0.25, 0.3) is 0 Å². The van der Waals surface area contributed by atoms with Crippen molar-refractivity contribution in [2.75, 3.05) is 13.2 Å². The van der Waals surface area contributed by atoms with Crippen molar-refractivity contribution < 1.29 is 4.74 Å². The SMILES string of the molecule is CCC(C)C1CCCOCC1. The minimum absolute atomic E-state index is 0.900. The van der Waals surface area contributed by atoms with Crippen LogP contribution in [0.1, 0.15) is 39.5 Å². The molecule has 1 aliphatic heterocycles. The lowest BCUT2D eigenvalue weighted by Gasteiger charge is -2.19. The molecule has 1 aliphatic rings. The minimum atomic E-state index is 0.900. The van der Waals surface area contributed by atoms with Gasteiger partial charge in [0, 0.05) is 13.2 Å². The van der Waals surface area contributed by atoms with Crippen LogP contribution in [-0.2, 0) is 4.74 Å². The molecule has 66 valence electrons. The Labute approximate surface area is 70.1 Å². The fraction of sp³-hybridized carbons (Fsp3) is 1.00. The molecule has 1 nitrogen and oxygen atoms in total. The van der Waals surface area contributed by atoms with Crippen LogP contribution in [0.15, 0.2) is 0 Å². The summed E-state index contributed by atoms with van der Waals surface area (Å²) in [5.41, 5.74) is 0. The first kappa shape index (κ1) is 9.05. The van der Waals surface area contributed by atoms with Crippen molar-refractivity contribution in [3.8, 4) is 0 Å². The van der Waals surface area contributed by atoms with Crippen LogP contribution in [0.5, 0.6) is 0 Å². The van der Waals surface area contributed by atoms with Crippen LogP contribution in [0.3, 0.4) is 0 Å². The van der Waals surface area contributed by atoms with Crippen molar-refractivity contribution in [3.63, 3.8) is 0 Å². The molecule has 1 fully saturated rings. The first-order valence-corrected chi connectivity index (χ1v) is 4.92. The van der Waals surface area contributed by atoms with Gasteiger partial charge in [0.25, 0.3) is 0 Å². The molecule has 0 N–H and O–H groups in total. The third-order valence-corrected chi connectivity index (χ3v) is 2.95. The van der Waals surface area contributed by atoms with Crippen molar-refractivity contribution in [1.82, 2.24) is 0 Å². The summed E-state index contributed by atoms with van der Waals surface area (Å²) in [6.45, 7) is 6.65. The van der Waals surface area contributed by atoms with Crippen molar-refractivity contribution in [2.24, 2.45) is 11.8 Å². The third-order valence-electron chi connectivity index (χ3n) is 2.95. The van der Waals surface area contributed by atoms with Crippen LogP contribution >= 0.6 is 0 Å². The van der Waals surface area contributed by atoms with Crippen LogP contribution in [-0.4, -0.2) is 13.2 Å². The highest BCUT2D eigenvalue weighted by atomic mass is 16.5. The van der Waals surface area contributed by atoms with Gasteiger partial charge in [0.05, 0.1) is 0 Å². The fourth-order valence-corrected chi connectivity index (χ4v) is 1.83. The Balaban J connectivity index is 2.30. The average Bonchev–Trinajstić information content (AvgIpc) is 2.30. The number of hydrogen-bond acceptors (Lipinski definition) is 1. The molecule has 0 aliphatic carbocycles. The summed E-state index contributed by atoms with van der Waals surface area (Å²) in [6.07, 6.45) is 5.27. The van der Waals surface area contributed by atoms with E-state index in [1.165, 1.54) is 25.7 Å². The maximum Gasteiger partial charge on any atom is 0.0468 e. The topological polar surface area (TPSA) is 9.23 Å². The molecule has 0 amide bonds. The Hall–Kier alpha value is -0.0400.